The molecule has 3 heterocycles. The Bertz CT molecular complexity index is 1330. The van der Waals surface area contributed by atoms with E-state index < -0.39 is 0 Å². The third-order valence-electron chi connectivity index (χ3n) is 5.24. The number of H-pyrrole nitrogens is 1. The number of aromatic nitrogens is 4. The molecule has 0 unspecified atom stereocenters. The molecular formula is C22H21N5O3S3. The number of hydrogen-bond donors (Lipinski definition) is 2. The lowest BCUT2D eigenvalue weighted by atomic mass is 9.97. The van der Waals surface area contributed by atoms with Crippen molar-refractivity contribution in [1.29, 1.82) is 0 Å². The quantitative estimate of drug-likeness (QED) is 0.277. The Labute approximate surface area is 202 Å². The van der Waals surface area contributed by atoms with E-state index in [1.54, 1.807) is 11.3 Å². The van der Waals surface area contributed by atoms with E-state index in [9.17, 15) is 9.59 Å². The molecule has 170 valence electrons. The van der Waals surface area contributed by atoms with Gasteiger partial charge in [0.15, 0.2) is 5.16 Å². The molecule has 1 amide bonds. The molecule has 0 fully saturated rings. The average molecular weight is 500 g/mol. The number of thiophene rings is 1. The van der Waals surface area contributed by atoms with Crippen molar-refractivity contribution in [2.24, 2.45) is 0 Å². The molecule has 3 aromatic heterocycles. The Morgan fingerprint density at radius 2 is 2.00 bits per heavy atom. The van der Waals surface area contributed by atoms with Crippen molar-refractivity contribution in [3.05, 3.63) is 62.6 Å². The van der Waals surface area contributed by atoms with Gasteiger partial charge in [-0.05, 0) is 36.8 Å². The number of aromatic amines is 1. The molecule has 0 radical (unpaired) electrons. The lowest BCUT2D eigenvalue weighted by Crippen LogP contribution is -2.24. The van der Waals surface area contributed by atoms with Gasteiger partial charge in [0.1, 0.15) is 4.83 Å². The minimum absolute atomic E-state index is 0.0785. The number of benzene rings is 1. The fourth-order valence-electron chi connectivity index (χ4n) is 3.67. The highest BCUT2D eigenvalue weighted by Gasteiger charge is 2.20. The summed E-state index contributed by atoms with van der Waals surface area (Å²) in [6.45, 7) is 0.481. The van der Waals surface area contributed by atoms with Gasteiger partial charge in [-0.25, -0.2) is 4.98 Å². The second-order valence-electron chi connectivity index (χ2n) is 7.56. The van der Waals surface area contributed by atoms with Crippen LogP contribution in [-0.4, -0.2) is 31.8 Å². The van der Waals surface area contributed by atoms with Crippen LogP contribution in [0.5, 0.6) is 0 Å². The molecule has 0 bridgehead atoms. The van der Waals surface area contributed by atoms with Crippen LogP contribution in [0.15, 0.2) is 49.9 Å². The Kier molecular flexibility index (Phi) is 6.79. The van der Waals surface area contributed by atoms with E-state index in [-0.39, 0.29) is 17.2 Å². The summed E-state index contributed by atoms with van der Waals surface area (Å²) in [4.78, 5) is 34.3. The second kappa shape index (κ2) is 10.1. The Hall–Kier alpha value is -2.63. The minimum Gasteiger partial charge on any atom is -0.415 e. The van der Waals surface area contributed by atoms with Crippen LogP contribution in [0.4, 0.5) is 0 Å². The Balaban J connectivity index is 1.15. The molecule has 0 saturated heterocycles. The highest BCUT2D eigenvalue weighted by Crippen LogP contribution is 2.34. The molecule has 2 N–H and O–H groups in total. The first-order valence-electron chi connectivity index (χ1n) is 10.6. The van der Waals surface area contributed by atoms with Gasteiger partial charge in [0, 0.05) is 11.4 Å². The lowest BCUT2D eigenvalue weighted by Gasteiger charge is -2.09. The molecule has 1 aliphatic rings. The van der Waals surface area contributed by atoms with Gasteiger partial charge in [0.25, 0.3) is 10.8 Å². The normalized spacial score (nSPS) is 13.2. The zero-order valence-corrected chi connectivity index (χ0v) is 20.1. The van der Waals surface area contributed by atoms with E-state index in [1.165, 1.54) is 40.4 Å². The maximum atomic E-state index is 12.6. The fourth-order valence-corrected chi connectivity index (χ4v) is 6.30. The van der Waals surface area contributed by atoms with Crippen molar-refractivity contribution in [2.75, 3.05) is 5.75 Å². The number of hydrogen-bond acceptors (Lipinski definition) is 9. The van der Waals surface area contributed by atoms with E-state index in [0.717, 1.165) is 35.0 Å². The first kappa shape index (κ1) is 22.2. The largest absolute Gasteiger partial charge is 0.415 e. The number of nitrogens with zero attached hydrogens (tertiary/aromatic N) is 3. The van der Waals surface area contributed by atoms with Crippen molar-refractivity contribution < 1.29 is 9.21 Å². The second-order valence-corrected chi connectivity index (χ2v) is 10.5. The Morgan fingerprint density at radius 3 is 2.88 bits per heavy atom. The molecule has 4 aromatic rings. The third-order valence-corrected chi connectivity index (χ3v) is 8.11. The molecule has 0 atom stereocenters. The van der Waals surface area contributed by atoms with E-state index in [1.807, 2.05) is 30.3 Å². The van der Waals surface area contributed by atoms with Gasteiger partial charge in [-0.15, -0.1) is 21.5 Å². The number of carbonyl (C=O) groups excluding carboxylic acids is 1. The highest BCUT2D eigenvalue weighted by molar-refractivity contribution is 7.99. The van der Waals surface area contributed by atoms with Gasteiger partial charge in [-0.3, -0.25) is 9.59 Å². The SMILES string of the molecule is O=C(CSc1nnc(CSc2nc3sc4c(c3c(=O)[nH]2)CCCC4)o1)NCc1ccccc1. The average Bonchev–Trinajstić information content (AvgIpc) is 3.45. The van der Waals surface area contributed by atoms with Crippen LogP contribution in [0.1, 0.15) is 34.7 Å². The number of aryl methyl sites for hydroxylation is 2. The monoisotopic (exact) mass is 499 g/mol. The summed E-state index contributed by atoms with van der Waals surface area (Å²) in [5.74, 6) is 0.885. The van der Waals surface area contributed by atoms with Crippen LogP contribution >= 0.6 is 34.9 Å². The summed E-state index contributed by atoms with van der Waals surface area (Å²) in [5, 5.41) is 12.5. The lowest BCUT2D eigenvalue weighted by molar-refractivity contribution is -0.118. The van der Waals surface area contributed by atoms with Crippen molar-refractivity contribution in [3.63, 3.8) is 0 Å². The molecule has 5 rings (SSSR count). The van der Waals surface area contributed by atoms with Gasteiger partial charge >= 0.3 is 0 Å². The fraction of sp³-hybridized carbons (Fsp3) is 0.318. The smallest absolute Gasteiger partial charge is 0.277 e. The molecule has 33 heavy (non-hydrogen) atoms. The standard InChI is InChI=1S/C22H21N5O3S3/c28-16(23-10-13-6-2-1-3-7-13)11-32-22-27-26-17(30-22)12-31-21-24-19(29)18-14-8-4-5-9-15(14)33-20(18)25-21/h1-3,6-7H,4-5,8-12H2,(H,23,28)(H,24,25,29). The van der Waals surface area contributed by atoms with E-state index in [0.29, 0.717) is 28.6 Å². The number of carbonyl (C=O) groups is 1. The van der Waals surface area contributed by atoms with Crippen LogP contribution in [0.2, 0.25) is 0 Å². The molecule has 11 heteroatoms. The summed E-state index contributed by atoms with van der Waals surface area (Å²) < 4.78 is 5.63. The van der Waals surface area contributed by atoms with E-state index >= 15 is 0 Å². The van der Waals surface area contributed by atoms with Crippen molar-refractivity contribution in [1.82, 2.24) is 25.5 Å². The summed E-state index contributed by atoms with van der Waals surface area (Å²) in [5.41, 5.74) is 2.14. The number of fused-ring (bicyclic) bond motifs is 3. The van der Waals surface area contributed by atoms with Crippen LogP contribution in [-0.2, 0) is 29.9 Å². The van der Waals surface area contributed by atoms with Crippen LogP contribution in [0.25, 0.3) is 10.2 Å². The first-order valence-corrected chi connectivity index (χ1v) is 13.4. The molecular weight excluding hydrogens is 478 g/mol. The van der Waals surface area contributed by atoms with Crippen molar-refractivity contribution >= 4 is 51.0 Å². The summed E-state index contributed by atoms with van der Waals surface area (Å²) in [6, 6.07) is 9.73. The van der Waals surface area contributed by atoms with Crippen molar-refractivity contribution in [3.8, 4) is 0 Å². The van der Waals surface area contributed by atoms with Gasteiger partial charge in [0.05, 0.1) is 16.9 Å². The molecule has 1 aliphatic carbocycles. The number of nitrogens with one attached hydrogen (secondary N) is 2. The van der Waals surface area contributed by atoms with Crippen LogP contribution in [0.3, 0.4) is 0 Å². The summed E-state index contributed by atoms with van der Waals surface area (Å²) in [6.07, 6.45) is 4.29. The molecule has 8 nitrogen and oxygen atoms in total. The zero-order valence-electron chi connectivity index (χ0n) is 17.6. The first-order chi connectivity index (χ1) is 16.2. The maximum absolute atomic E-state index is 12.6. The van der Waals surface area contributed by atoms with Crippen LogP contribution < -0.4 is 10.9 Å². The zero-order chi connectivity index (χ0) is 22.6. The predicted octanol–water partition coefficient (Wildman–Crippen LogP) is 3.95. The van der Waals surface area contributed by atoms with Gasteiger partial charge < -0.3 is 14.7 Å². The van der Waals surface area contributed by atoms with Gasteiger partial charge in [-0.1, -0.05) is 53.9 Å². The molecule has 0 spiro atoms. The summed E-state index contributed by atoms with van der Waals surface area (Å²) >= 11 is 4.17. The molecule has 0 saturated carbocycles. The topological polar surface area (TPSA) is 114 Å². The van der Waals surface area contributed by atoms with Gasteiger partial charge in [0.2, 0.25) is 11.8 Å². The van der Waals surface area contributed by atoms with Crippen molar-refractivity contribution in [2.45, 2.75) is 48.4 Å². The predicted molar refractivity (Wildman–Crippen MR) is 130 cm³/mol. The molecule has 1 aromatic carbocycles. The van der Waals surface area contributed by atoms with Gasteiger partial charge in [-0.2, -0.15) is 0 Å². The summed E-state index contributed by atoms with van der Waals surface area (Å²) in [7, 11) is 0. The number of rotatable bonds is 8. The third kappa shape index (κ3) is 5.31. The highest BCUT2D eigenvalue weighted by atomic mass is 32.2. The van der Waals surface area contributed by atoms with E-state index in [4.69, 9.17) is 4.42 Å². The maximum Gasteiger partial charge on any atom is 0.277 e. The number of amides is 1. The van der Waals surface area contributed by atoms with Crippen LogP contribution in [0, 0.1) is 0 Å². The minimum atomic E-state index is -0.105. The van der Waals surface area contributed by atoms with E-state index in [2.05, 4.69) is 25.5 Å². The number of thioether (sulfide) groups is 2. The molecule has 0 aliphatic heterocycles. The Morgan fingerprint density at radius 1 is 1.15 bits per heavy atom.